The minimum Gasteiger partial charge on any atom is -0.364 e. The third-order valence-corrected chi connectivity index (χ3v) is 4.53. The molecule has 1 aromatic heterocycles. The lowest BCUT2D eigenvalue weighted by Gasteiger charge is -2.36. The molecule has 0 unspecified atom stereocenters. The summed E-state index contributed by atoms with van der Waals surface area (Å²) in [7, 11) is 0. The Morgan fingerprint density at radius 1 is 1.27 bits per heavy atom. The van der Waals surface area contributed by atoms with Crippen LogP contribution in [0.3, 0.4) is 0 Å². The molecule has 0 spiro atoms. The van der Waals surface area contributed by atoms with Crippen molar-refractivity contribution in [1.29, 1.82) is 0 Å². The van der Waals surface area contributed by atoms with Crippen LogP contribution in [0.15, 0.2) is 40.0 Å². The Labute approximate surface area is 153 Å². The fourth-order valence-electron chi connectivity index (χ4n) is 2.99. The lowest BCUT2D eigenvalue weighted by Crippen LogP contribution is -2.52. The average molecular weight is 359 g/mol. The Balaban J connectivity index is 1.58. The van der Waals surface area contributed by atoms with E-state index in [1.807, 2.05) is 12.1 Å². The zero-order chi connectivity index (χ0) is 18.4. The summed E-state index contributed by atoms with van der Waals surface area (Å²) >= 11 is 0. The number of aryl methyl sites for hydroxylation is 1. The van der Waals surface area contributed by atoms with E-state index >= 15 is 0 Å². The molecule has 2 heterocycles. The van der Waals surface area contributed by atoms with Gasteiger partial charge in [0.1, 0.15) is 12.1 Å². The molecule has 7 heteroatoms. The summed E-state index contributed by atoms with van der Waals surface area (Å²) in [6.07, 6.45) is 1.61. The molecule has 1 aliphatic rings. The highest BCUT2D eigenvalue weighted by Gasteiger charge is 2.20. The Morgan fingerprint density at radius 3 is 2.73 bits per heavy atom. The number of hydrogen-bond donors (Lipinski definition) is 1. The Morgan fingerprint density at radius 2 is 2.08 bits per heavy atom. The number of benzene rings is 1. The van der Waals surface area contributed by atoms with Crippen molar-refractivity contribution in [2.24, 2.45) is 4.99 Å². The quantitative estimate of drug-likeness (QED) is 0.656. The van der Waals surface area contributed by atoms with Gasteiger partial charge in [-0.15, -0.1) is 0 Å². The number of rotatable bonds is 5. The fourth-order valence-corrected chi connectivity index (χ4v) is 2.99. The predicted octanol–water partition coefficient (Wildman–Crippen LogP) is 2.41. The third kappa shape index (κ3) is 4.82. The van der Waals surface area contributed by atoms with E-state index in [4.69, 9.17) is 9.52 Å². The first kappa shape index (κ1) is 18.4. The first-order valence-corrected chi connectivity index (χ1v) is 9.05. The van der Waals surface area contributed by atoms with Crippen LogP contribution in [-0.4, -0.2) is 53.6 Å². The molecule has 2 aromatic rings. The molecule has 0 radical (unpaired) electrons. The summed E-state index contributed by atoms with van der Waals surface area (Å²) in [6.45, 7) is 9.58. The van der Waals surface area contributed by atoms with Gasteiger partial charge >= 0.3 is 0 Å². The molecule has 0 aliphatic carbocycles. The molecular formula is C19H26FN5O. The molecule has 0 saturated carbocycles. The smallest absolute Gasteiger partial charge is 0.194 e. The molecule has 6 nitrogen and oxygen atoms in total. The Bertz CT molecular complexity index is 724. The summed E-state index contributed by atoms with van der Waals surface area (Å²) in [5, 5.41) is 7.32. The van der Waals surface area contributed by atoms with Crippen molar-refractivity contribution in [3.8, 4) is 0 Å². The monoisotopic (exact) mass is 359 g/mol. The molecule has 1 saturated heterocycles. The minimum absolute atomic E-state index is 0.177. The van der Waals surface area contributed by atoms with E-state index in [0.717, 1.165) is 56.5 Å². The van der Waals surface area contributed by atoms with Crippen LogP contribution in [0.5, 0.6) is 0 Å². The number of piperazine rings is 1. The van der Waals surface area contributed by atoms with E-state index in [-0.39, 0.29) is 5.82 Å². The van der Waals surface area contributed by atoms with Gasteiger partial charge in [0.2, 0.25) is 0 Å². The molecule has 1 aromatic carbocycles. The molecule has 0 atom stereocenters. The van der Waals surface area contributed by atoms with Gasteiger partial charge in [-0.05, 0) is 31.0 Å². The highest BCUT2D eigenvalue weighted by atomic mass is 19.1. The molecule has 0 amide bonds. The van der Waals surface area contributed by atoms with Crippen molar-refractivity contribution in [3.63, 3.8) is 0 Å². The van der Waals surface area contributed by atoms with Gasteiger partial charge in [-0.25, -0.2) is 9.38 Å². The molecule has 26 heavy (non-hydrogen) atoms. The molecule has 0 bridgehead atoms. The maximum atomic E-state index is 13.7. The summed E-state index contributed by atoms with van der Waals surface area (Å²) in [6, 6.07) is 7.20. The topological polar surface area (TPSA) is 56.9 Å². The van der Waals surface area contributed by atoms with E-state index < -0.39 is 0 Å². The van der Waals surface area contributed by atoms with Gasteiger partial charge in [-0.3, -0.25) is 4.90 Å². The van der Waals surface area contributed by atoms with Gasteiger partial charge in [-0.1, -0.05) is 17.3 Å². The van der Waals surface area contributed by atoms with Crippen LogP contribution >= 0.6 is 0 Å². The average Bonchev–Trinajstić information content (AvgIpc) is 3.15. The first-order valence-electron chi connectivity index (χ1n) is 9.05. The zero-order valence-corrected chi connectivity index (χ0v) is 15.4. The summed E-state index contributed by atoms with van der Waals surface area (Å²) in [4.78, 5) is 9.31. The third-order valence-electron chi connectivity index (χ3n) is 4.53. The van der Waals surface area contributed by atoms with Gasteiger partial charge in [0, 0.05) is 45.3 Å². The van der Waals surface area contributed by atoms with E-state index in [1.165, 1.54) is 0 Å². The molecule has 1 fully saturated rings. The molecule has 3 rings (SSSR count). The maximum absolute atomic E-state index is 13.7. The fraction of sp³-hybridized carbons (Fsp3) is 0.474. The second-order valence-corrected chi connectivity index (χ2v) is 6.51. The number of aliphatic imine (C=N–C) groups is 1. The lowest BCUT2D eigenvalue weighted by molar-refractivity contribution is 0.169. The van der Waals surface area contributed by atoms with Crippen molar-refractivity contribution in [1.82, 2.24) is 20.3 Å². The van der Waals surface area contributed by atoms with Crippen LogP contribution in [0.4, 0.5) is 4.39 Å². The molecule has 140 valence electrons. The Kier molecular flexibility index (Phi) is 6.22. The van der Waals surface area contributed by atoms with Gasteiger partial charge < -0.3 is 14.7 Å². The van der Waals surface area contributed by atoms with E-state index in [9.17, 15) is 4.39 Å². The van der Waals surface area contributed by atoms with Crippen molar-refractivity contribution in [2.45, 2.75) is 26.9 Å². The van der Waals surface area contributed by atoms with E-state index in [1.54, 1.807) is 25.3 Å². The van der Waals surface area contributed by atoms with E-state index in [2.05, 4.69) is 27.2 Å². The van der Waals surface area contributed by atoms with Crippen LogP contribution in [0.1, 0.15) is 23.7 Å². The molecule has 1 aliphatic heterocycles. The van der Waals surface area contributed by atoms with Crippen LogP contribution in [0.25, 0.3) is 0 Å². The van der Waals surface area contributed by atoms with Crippen LogP contribution < -0.4 is 5.32 Å². The lowest BCUT2D eigenvalue weighted by atomic mass is 10.1. The van der Waals surface area contributed by atoms with Crippen LogP contribution in [0.2, 0.25) is 0 Å². The number of guanidine groups is 1. The number of nitrogens with zero attached hydrogens (tertiary/aromatic N) is 4. The normalized spacial score (nSPS) is 16.1. The van der Waals surface area contributed by atoms with Gasteiger partial charge in [0.15, 0.2) is 5.96 Å². The summed E-state index contributed by atoms with van der Waals surface area (Å²) < 4.78 is 18.6. The number of halogens is 1. The second-order valence-electron chi connectivity index (χ2n) is 6.51. The largest absolute Gasteiger partial charge is 0.364 e. The predicted molar refractivity (Wildman–Crippen MR) is 99.3 cm³/mol. The molecular weight excluding hydrogens is 333 g/mol. The van der Waals surface area contributed by atoms with Crippen LogP contribution in [0, 0.1) is 12.7 Å². The summed E-state index contributed by atoms with van der Waals surface area (Å²) in [5.74, 6) is 0.707. The van der Waals surface area contributed by atoms with Crippen molar-refractivity contribution in [3.05, 3.63) is 53.2 Å². The van der Waals surface area contributed by atoms with Crippen molar-refractivity contribution in [2.75, 3.05) is 32.7 Å². The minimum atomic E-state index is -0.177. The molecule has 1 N–H and O–H groups in total. The first-order chi connectivity index (χ1) is 12.7. The summed E-state index contributed by atoms with van der Waals surface area (Å²) in [5.41, 5.74) is 2.50. The zero-order valence-electron chi connectivity index (χ0n) is 15.4. The number of nitrogens with one attached hydrogen (secondary N) is 1. The van der Waals surface area contributed by atoms with Gasteiger partial charge in [0.25, 0.3) is 0 Å². The van der Waals surface area contributed by atoms with Crippen molar-refractivity contribution < 1.29 is 8.91 Å². The van der Waals surface area contributed by atoms with Gasteiger partial charge in [-0.2, -0.15) is 0 Å². The second kappa shape index (κ2) is 8.80. The highest BCUT2D eigenvalue weighted by Crippen LogP contribution is 2.11. The SMILES string of the molecule is CCNC(=NCc1ccc(C)c(F)c1)N1CCN(Cc2ccon2)CC1. The van der Waals surface area contributed by atoms with Crippen molar-refractivity contribution >= 4 is 5.96 Å². The van der Waals surface area contributed by atoms with Crippen LogP contribution in [-0.2, 0) is 13.1 Å². The standard InChI is InChI=1S/C19H26FN5O/c1-3-21-19(22-13-16-5-4-15(2)18(20)12-16)25-9-7-24(8-10-25)14-17-6-11-26-23-17/h4-6,11-12H,3,7-10,13-14H2,1-2H3,(H,21,22). The maximum Gasteiger partial charge on any atom is 0.194 e. The van der Waals surface area contributed by atoms with Gasteiger partial charge in [0.05, 0.1) is 12.2 Å². The Hall–Kier alpha value is -2.41. The number of aromatic nitrogens is 1. The number of hydrogen-bond acceptors (Lipinski definition) is 4. The highest BCUT2D eigenvalue weighted by molar-refractivity contribution is 5.80. The van der Waals surface area contributed by atoms with E-state index in [0.29, 0.717) is 12.1 Å².